The van der Waals surface area contributed by atoms with Crippen molar-refractivity contribution in [3.05, 3.63) is 58.1 Å². The van der Waals surface area contributed by atoms with Crippen LogP contribution in [0.3, 0.4) is 0 Å². The Morgan fingerprint density at radius 2 is 1.81 bits per heavy atom. The van der Waals surface area contributed by atoms with Crippen LogP contribution in [0.25, 0.3) is 0 Å². The average Bonchev–Trinajstić information content (AvgIpc) is 2.79. The largest absolute Gasteiger partial charge is 0.487 e. The maximum Gasteiger partial charge on any atom is 0.311 e. The second-order valence-electron chi connectivity index (χ2n) is 7.81. The van der Waals surface area contributed by atoms with Crippen molar-refractivity contribution in [1.29, 1.82) is 0 Å². The molecule has 0 radical (unpaired) electrons. The summed E-state index contributed by atoms with van der Waals surface area (Å²) in [6, 6.07) is 11.6. The molecule has 1 N–H and O–H groups in total. The number of nitro benzene ring substituents is 1. The summed E-state index contributed by atoms with van der Waals surface area (Å²) in [7, 11) is 0. The number of carbonyl (C=O) groups is 2. The lowest BCUT2D eigenvalue weighted by Gasteiger charge is -2.37. The fourth-order valence-corrected chi connectivity index (χ4v) is 3.66. The number of ether oxygens (including phenoxy) is 1. The Morgan fingerprint density at radius 3 is 2.44 bits per heavy atom. The Hall–Kier alpha value is -3.62. The molecule has 9 nitrogen and oxygen atoms in total. The first-order chi connectivity index (χ1) is 15.3. The zero-order chi connectivity index (χ0) is 23.3. The van der Waals surface area contributed by atoms with Crippen LogP contribution in [0, 0.1) is 16.0 Å². The van der Waals surface area contributed by atoms with Gasteiger partial charge in [0.05, 0.1) is 22.9 Å². The van der Waals surface area contributed by atoms with Crippen molar-refractivity contribution in [3.8, 4) is 5.75 Å². The third-order valence-corrected chi connectivity index (χ3v) is 5.30. The molecule has 0 atom stereocenters. The van der Waals surface area contributed by atoms with Crippen LogP contribution in [0.15, 0.2) is 42.5 Å². The van der Waals surface area contributed by atoms with Gasteiger partial charge in [-0.3, -0.25) is 19.7 Å². The van der Waals surface area contributed by atoms with E-state index in [1.54, 1.807) is 13.0 Å². The van der Waals surface area contributed by atoms with E-state index in [0.29, 0.717) is 31.9 Å². The summed E-state index contributed by atoms with van der Waals surface area (Å²) in [5.74, 6) is -0.213. The van der Waals surface area contributed by atoms with Gasteiger partial charge < -0.3 is 19.9 Å². The average molecular weight is 441 g/mol. The van der Waals surface area contributed by atoms with Crippen molar-refractivity contribution < 1.29 is 19.2 Å². The SMILES string of the molecule is CCOc1ccc(C(=O)Nc2ccccc2N2CCN(C(=O)C(C)C)CC2)cc1[N+](=O)[O-]. The first-order valence-corrected chi connectivity index (χ1v) is 10.7. The molecule has 1 aliphatic rings. The van der Waals surface area contributed by atoms with Gasteiger partial charge in [0.25, 0.3) is 5.91 Å². The summed E-state index contributed by atoms with van der Waals surface area (Å²) < 4.78 is 5.28. The Balaban J connectivity index is 1.76. The molecule has 32 heavy (non-hydrogen) atoms. The Labute approximate surface area is 187 Å². The van der Waals surface area contributed by atoms with Crippen LogP contribution in [0.4, 0.5) is 17.1 Å². The number of nitro groups is 1. The molecule has 9 heteroatoms. The van der Waals surface area contributed by atoms with E-state index in [1.807, 2.05) is 36.9 Å². The molecule has 0 saturated carbocycles. The number of nitrogens with one attached hydrogen (secondary N) is 1. The van der Waals surface area contributed by atoms with Gasteiger partial charge >= 0.3 is 5.69 Å². The van der Waals surface area contributed by atoms with Crippen LogP contribution in [0.2, 0.25) is 0 Å². The highest BCUT2D eigenvalue weighted by atomic mass is 16.6. The molecule has 170 valence electrons. The van der Waals surface area contributed by atoms with Gasteiger partial charge in [0.15, 0.2) is 5.75 Å². The summed E-state index contributed by atoms with van der Waals surface area (Å²) in [6.07, 6.45) is 0. The molecule has 0 spiro atoms. The molecule has 1 saturated heterocycles. The minimum Gasteiger partial charge on any atom is -0.487 e. The fraction of sp³-hybridized carbons (Fsp3) is 0.391. The molecule has 1 fully saturated rings. The van der Waals surface area contributed by atoms with Crippen molar-refractivity contribution in [2.24, 2.45) is 5.92 Å². The van der Waals surface area contributed by atoms with Gasteiger partial charge in [-0.05, 0) is 31.2 Å². The van der Waals surface area contributed by atoms with Crippen molar-refractivity contribution in [2.45, 2.75) is 20.8 Å². The number of rotatable bonds is 7. The first-order valence-electron chi connectivity index (χ1n) is 10.7. The number of amides is 2. The van der Waals surface area contributed by atoms with Crippen molar-refractivity contribution in [2.75, 3.05) is 43.0 Å². The Morgan fingerprint density at radius 1 is 1.12 bits per heavy atom. The molecule has 2 amide bonds. The quantitative estimate of drug-likeness (QED) is 0.521. The van der Waals surface area contributed by atoms with E-state index in [0.717, 1.165) is 5.69 Å². The normalized spacial score (nSPS) is 13.8. The smallest absolute Gasteiger partial charge is 0.311 e. The number of anilines is 2. The molecule has 2 aromatic carbocycles. The minimum atomic E-state index is -0.562. The van der Waals surface area contributed by atoms with E-state index in [1.165, 1.54) is 18.2 Å². The predicted molar refractivity (Wildman–Crippen MR) is 122 cm³/mol. The summed E-state index contributed by atoms with van der Waals surface area (Å²) in [5.41, 5.74) is 1.37. The van der Waals surface area contributed by atoms with Crippen molar-refractivity contribution >= 4 is 28.9 Å². The Kier molecular flexibility index (Phi) is 7.29. The highest BCUT2D eigenvalue weighted by Gasteiger charge is 2.25. The molecule has 0 bridgehead atoms. The van der Waals surface area contributed by atoms with Crippen LogP contribution in [-0.4, -0.2) is 54.4 Å². The van der Waals surface area contributed by atoms with Crippen molar-refractivity contribution in [3.63, 3.8) is 0 Å². The van der Waals surface area contributed by atoms with Crippen LogP contribution >= 0.6 is 0 Å². The van der Waals surface area contributed by atoms with Crippen molar-refractivity contribution in [1.82, 2.24) is 4.90 Å². The summed E-state index contributed by atoms with van der Waals surface area (Å²) in [6.45, 7) is 8.35. The van der Waals surface area contributed by atoms with Gasteiger partial charge in [0, 0.05) is 43.7 Å². The van der Waals surface area contributed by atoms with Crippen LogP contribution in [0.5, 0.6) is 5.75 Å². The third kappa shape index (κ3) is 5.16. The topological polar surface area (TPSA) is 105 Å². The lowest BCUT2D eigenvalue weighted by molar-refractivity contribution is -0.385. The fourth-order valence-electron chi connectivity index (χ4n) is 3.66. The van der Waals surface area contributed by atoms with Gasteiger partial charge in [-0.25, -0.2) is 0 Å². The molecule has 3 rings (SSSR count). The highest BCUT2D eigenvalue weighted by molar-refractivity contribution is 6.06. The second-order valence-corrected chi connectivity index (χ2v) is 7.81. The maximum absolute atomic E-state index is 12.9. The number of para-hydroxylation sites is 2. The van der Waals surface area contributed by atoms with Gasteiger partial charge in [-0.2, -0.15) is 0 Å². The molecular formula is C23H28N4O5. The number of benzene rings is 2. The Bertz CT molecular complexity index is 1000. The molecule has 1 heterocycles. The van der Waals surface area contributed by atoms with E-state index < -0.39 is 10.8 Å². The molecule has 2 aromatic rings. The number of carbonyl (C=O) groups excluding carboxylic acids is 2. The van der Waals surface area contributed by atoms with Gasteiger partial charge in [0.1, 0.15) is 0 Å². The zero-order valence-electron chi connectivity index (χ0n) is 18.5. The molecule has 0 unspecified atom stereocenters. The molecule has 0 aliphatic carbocycles. The third-order valence-electron chi connectivity index (χ3n) is 5.30. The number of nitrogens with zero attached hydrogens (tertiary/aromatic N) is 3. The zero-order valence-corrected chi connectivity index (χ0v) is 18.5. The standard InChI is InChI=1S/C23H28N4O5/c1-4-32-21-10-9-17(15-20(21)27(30)31)22(28)24-18-7-5-6-8-19(18)25-11-13-26(14-12-25)23(29)16(2)3/h5-10,15-16H,4,11-14H2,1-3H3,(H,24,28). The van der Waals surface area contributed by atoms with Crippen LogP contribution < -0.4 is 15.0 Å². The number of piperazine rings is 1. The monoisotopic (exact) mass is 440 g/mol. The van der Waals surface area contributed by atoms with E-state index in [9.17, 15) is 19.7 Å². The maximum atomic E-state index is 12.9. The lowest BCUT2D eigenvalue weighted by atomic mass is 10.1. The molecule has 0 aromatic heterocycles. The van der Waals surface area contributed by atoms with Crippen LogP contribution in [-0.2, 0) is 4.79 Å². The van der Waals surface area contributed by atoms with E-state index in [2.05, 4.69) is 10.2 Å². The van der Waals surface area contributed by atoms with E-state index in [4.69, 9.17) is 4.74 Å². The summed E-state index contributed by atoms with van der Waals surface area (Å²) >= 11 is 0. The number of hydrogen-bond donors (Lipinski definition) is 1. The van der Waals surface area contributed by atoms with Gasteiger partial charge in [0.2, 0.25) is 5.91 Å². The van der Waals surface area contributed by atoms with Crippen LogP contribution in [0.1, 0.15) is 31.1 Å². The van der Waals surface area contributed by atoms with E-state index >= 15 is 0 Å². The van der Waals surface area contributed by atoms with Gasteiger partial charge in [-0.1, -0.05) is 26.0 Å². The van der Waals surface area contributed by atoms with Gasteiger partial charge in [-0.15, -0.1) is 0 Å². The van der Waals surface area contributed by atoms with E-state index in [-0.39, 0.29) is 35.4 Å². The first kappa shape index (κ1) is 23.1. The highest BCUT2D eigenvalue weighted by Crippen LogP contribution is 2.30. The lowest BCUT2D eigenvalue weighted by Crippen LogP contribution is -2.50. The molecule has 1 aliphatic heterocycles. The number of hydrogen-bond acceptors (Lipinski definition) is 6. The minimum absolute atomic E-state index is 0.0358. The summed E-state index contributed by atoms with van der Waals surface area (Å²) in [4.78, 5) is 39.9. The second kappa shape index (κ2) is 10.1. The predicted octanol–water partition coefficient (Wildman–Crippen LogP) is 3.55. The molecular weight excluding hydrogens is 412 g/mol. The summed E-state index contributed by atoms with van der Waals surface area (Å²) in [5, 5.41) is 14.2.